The Morgan fingerprint density at radius 2 is 1.84 bits per heavy atom. The fourth-order valence-corrected chi connectivity index (χ4v) is 5.76. The van der Waals surface area contributed by atoms with Crippen molar-refractivity contribution in [3.05, 3.63) is 41.8 Å². The van der Waals surface area contributed by atoms with Crippen molar-refractivity contribution in [1.29, 1.82) is 5.26 Å². The van der Waals surface area contributed by atoms with Crippen molar-refractivity contribution in [3.63, 3.8) is 0 Å². The Bertz CT molecular complexity index is 846. The molecule has 0 spiro atoms. The molecule has 1 atom stereocenters. The summed E-state index contributed by atoms with van der Waals surface area (Å²) in [6, 6.07) is 11.0. The molecule has 31 heavy (non-hydrogen) atoms. The first-order valence-electron chi connectivity index (χ1n) is 11.6. The second-order valence-corrected chi connectivity index (χ2v) is 9.82. The van der Waals surface area contributed by atoms with Gasteiger partial charge in [0.1, 0.15) is 5.54 Å². The molecule has 1 aliphatic heterocycles. The first-order valence-corrected chi connectivity index (χ1v) is 11.6. The van der Waals surface area contributed by atoms with E-state index in [0.29, 0.717) is 25.3 Å². The summed E-state index contributed by atoms with van der Waals surface area (Å²) in [5, 5.41) is 12.8. The number of primary amides is 1. The number of hydrogen-bond donors (Lipinski definition) is 2. The predicted molar refractivity (Wildman–Crippen MR) is 119 cm³/mol. The summed E-state index contributed by atoms with van der Waals surface area (Å²) in [7, 11) is 0. The van der Waals surface area contributed by atoms with Crippen LogP contribution < -0.4 is 11.1 Å². The van der Waals surface area contributed by atoms with E-state index in [1.54, 1.807) is 6.42 Å². The van der Waals surface area contributed by atoms with Gasteiger partial charge in [-0.2, -0.15) is 5.26 Å². The van der Waals surface area contributed by atoms with Gasteiger partial charge in [-0.3, -0.25) is 14.5 Å². The lowest BCUT2D eigenvalue weighted by molar-refractivity contribution is -0.129. The van der Waals surface area contributed by atoms with Gasteiger partial charge >= 0.3 is 0 Å². The Hall–Kier alpha value is -2.39. The molecule has 1 unspecified atom stereocenters. The maximum atomic E-state index is 12.7. The van der Waals surface area contributed by atoms with E-state index in [9.17, 15) is 14.9 Å². The number of likely N-dealkylation sites (tertiary alicyclic amines) is 1. The zero-order valence-electron chi connectivity index (χ0n) is 18.2. The summed E-state index contributed by atoms with van der Waals surface area (Å²) in [5.74, 6) is -0.00500. The molecule has 3 aliphatic rings. The summed E-state index contributed by atoms with van der Waals surface area (Å²) < 4.78 is 0. The number of nitrogens with zero attached hydrogens (tertiary/aromatic N) is 2. The Morgan fingerprint density at radius 1 is 1.16 bits per heavy atom. The molecule has 1 saturated heterocycles. The zero-order chi connectivity index (χ0) is 21.9. The molecule has 2 aliphatic carbocycles. The Morgan fingerprint density at radius 3 is 2.45 bits per heavy atom. The molecule has 2 amide bonds. The van der Waals surface area contributed by atoms with Crippen molar-refractivity contribution in [2.75, 3.05) is 19.6 Å². The number of amides is 2. The van der Waals surface area contributed by atoms with Crippen LogP contribution in [0.3, 0.4) is 0 Å². The standard InChI is InChI=1S/C25H33N4O2/c26-17-25(28-22(30)8-11-24(23(27)31)9-4-1-5-10-24)12-13-29(18-25)16-19-14-20-6-2-3-7-21(20)15-19/h2-3,6-8,19H,1,4-5,9-16,18H2,(H2,27,31)(H,28,30). The van der Waals surface area contributed by atoms with Gasteiger partial charge in [0.05, 0.1) is 12.5 Å². The van der Waals surface area contributed by atoms with Gasteiger partial charge in [-0.25, -0.2) is 0 Å². The molecule has 3 N–H and O–H groups in total. The summed E-state index contributed by atoms with van der Waals surface area (Å²) in [6.07, 6.45) is 9.25. The zero-order valence-corrected chi connectivity index (χ0v) is 18.2. The summed E-state index contributed by atoms with van der Waals surface area (Å²) in [5.41, 5.74) is 7.10. The van der Waals surface area contributed by atoms with E-state index in [1.165, 1.54) is 11.1 Å². The predicted octanol–water partition coefficient (Wildman–Crippen LogP) is 2.52. The molecule has 2 fully saturated rings. The second-order valence-electron chi connectivity index (χ2n) is 9.82. The number of carbonyl (C=O) groups excluding carboxylic acids is 2. The van der Waals surface area contributed by atoms with Gasteiger partial charge in [0.2, 0.25) is 11.8 Å². The van der Waals surface area contributed by atoms with Crippen LogP contribution in [0.25, 0.3) is 0 Å². The fraction of sp³-hybridized carbons (Fsp3) is 0.600. The van der Waals surface area contributed by atoms with E-state index >= 15 is 0 Å². The highest BCUT2D eigenvalue weighted by Gasteiger charge is 2.42. The maximum absolute atomic E-state index is 12.7. The van der Waals surface area contributed by atoms with Crippen molar-refractivity contribution in [2.24, 2.45) is 17.1 Å². The van der Waals surface area contributed by atoms with Crippen LogP contribution in [0.5, 0.6) is 0 Å². The number of nitriles is 1. The van der Waals surface area contributed by atoms with Crippen LogP contribution >= 0.6 is 0 Å². The van der Waals surface area contributed by atoms with Gasteiger partial charge in [-0.1, -0.05) is 43.5 Å². The third-order valence-corrected chi connectivity index (χ3v) is 7.59. The van der Waals surface area contributed by atoms with Crippen LogP contribution in [0.1, 0.15) is 56.1 Å². The van der Waals surface area contributed by atoms with E-state index in [-0.39, 0.29) is 11.8 Å². The molecule has 1 radical (unpaired) electrons. The average Bonchev–Trinajstić information content (AvgIpc) is 3.37. The molecule has 1 aromatic rings. The SMILES string of the molecule is N#CC1(NC(=O)[CH]CC2(C(N)=O)CCCCC2)CCN(CC2Cc3ccccc3C2)C1. The van der Waals surface area contributed by atoms with Crippen LogP contribution in [0.15, 0.2) is 24.3 Å². The fourth-order valence-electron chi connectivity index (χ4n) is 5.76. The number of hydrogen-bond acceptors (Lipinski definition) is 4. The van der Waals surface area contributed by atoms with Crippen molar-refractivity contribution in [3.8, 4) is 6.07 Å². The summed E-state index contributed by atoms with van der Waals surface area (Å²) in [6.45, 7) is 2.31. The normalized spacial score (nSPS) is 25.6. The van der Waals surface area contributed by atoms with E-state index in [0.717, 1.165) is 58.0 Å². The maximum Gasteiger partial charge on any atom is 0.225 e. The molecule has 1 saturated carbocycles. The van der Waals surface area contributed by atoms with Crippen LogP contribution in [0, 0.1) is 29.1 Å². The van der Waals surface area contributed by atoms with Crippen molar-refractivity contribution >= 4 is 11.8 Å². The third kappa shape index (κ3) is 4.77. The molecule has 0 bridgehead atoms. The minimum Gasteiger partial charge on any atom is -0.369 e. The monoisotopic (exact) mass is 421 g/mol. The minimum atomic E-state index is -0.856. The van der Waals surface area contributed by atoms with Gasteiger partial charge in [0, 0.05) is 25.0 Å². The number of nitrogens with two attached hydrogens (primary N) is 1. The number of carbonyl (C=O) groups is 2. The third-order valence-electron chi connectivity index (χ3n) is 7.59. The van der Waals surface area contributed by atoms with Crippen LogP contribution in [0.2, 0.25) is 0 Å². The molecule has 0 aromatic heterocycles. The number of fused-ring (bicyclic) bond motifs is 1. The van der Waals surface area contributed by atoms with Crippen molar-refractivity contribution in [1.82, 2.24) is 10.2 Å². The van der Waals surface area contributed by atoms with Crippen LogP contribution in [-0.2, 0) is 22.4 Å². The van der Waals surface area contributed by atoms with Gasteiger partial charge in [0.15, 0.2) is 0 Å². The van der Waals surface area contributed by atoms with Crippen molar-refractivity contribution in [2.45, 2.75) is 63.3 Å². The smallest absolute Gasteiger partial charge is 0.225 e. The first kappa shape index (κ1) is 21.8. The number of rotatable bonds is 7. The Labute approximate surface area is 185 Å². The molecule has 6 nitrogen and oxygen atoms in total. The van der Waals surface area contributed by atoms with Crippen LogP contribution in [-0.4, -0.2) is 41.9 Å². The van der Waals surface area contributed by atoms with E-state index in [4.69, 9.17) is 5.73 Å². The lowest BCUT2D eigenvalue weighted by atomic mass is 9.70. The van der Waals surface area contributed by atoms with Crippen LogP contribution in [0.4, 0.5) is 0 Å². The highest BCUT2D eigenvalue weighted by atomic mass is 16.2. The highest BCUT2D eigenvalue weighted by molar-refractivity contribution is 5.88. The molecule has 4 rings (SSSR count). The van der Waals surface area contributed by atoms with Gasteiger partial charge in [-0.05, 0) is 55.6 Å². The highest BCUT2D eigenvalue weighted by Crippen LogP contribution is 2.40. The second kappa shape index (κ2) is 9.00. The summed E-state index contributed by atoms with van der Waals surface area (Å²) in [4.78, 5) is 27.0. The van der Waals surface area contributed by atoms with Gasteiger partial charge < -0.3 is 11.1 Å². The van der Waals surface area contributed by atoms with Gasteiger partial charge in [-0.15, -0.1) is 0 Å². The molecule has 6 heteroatoms. The molecular weight excluding hydrogens is 388 g/mol. The molecule has 165 valence electrons. The van der Waals surface area contributed by atoms with Crippen molar-refractivity contribution < 1.29 is 9.59 Å². The Kier molecular flexibility index (Phi) is 6.34. The molecule has 1 aromatic carbocycles. The van der Waals surface area contributed by atoms with E-state index in [2.05, 4.69) is 40.6 Å². The molecular formula is C25H33N4O2. The summed E-state index contributed by atoms with van der Waals surface area (Å²) >= 11 is 0. The topological polar surface area (TPSA) is 99.2 Å². The lowest BCUT2D eigenvalue weighted by Gasteiger charge is -2.34. The van der Waals surface area contributed by atoms with E-state index in [1.807, 2.05) is 0 Å². The first-order chi connectivity index (χ1) is 14.9. The quantitative estimate of drug-likeness (QED) is 0.707. The average molecular weight is 422 g/mol. The number of nitrogens with one attached hydrogen (secondary N) is 1. The minimum absolute atomic E-state index is 0.261. The molecule has 1 heterocycles. The van der Waals surface area contributed by atoms with Gasteiger partial charge in [0.25, 0.3) is 0 Å². The van der Waals surface area contributed by atoms with E-state index < -0.39 is 11.0 Å². The number of benzene rings is 1. The Balaban J connectivity index is 1.29. The largest absolute Gasteiger partial charge is 0.369 e. The lowest BCUT2D eigenvalue weighted by Crippen LogP contribution is -2.50.